The molecule has 0 aliphatic carbocycles. The summed E-state index contributed by atoms with van der Waals surface area (Å²) in [6.07, 6.45) is 2.64. The van der Waals surface area contributed by atoms with Gasteiger partial charge in [-0.15, -0.1) is 0 Å². The lowest BCUT2D eigenvalue weighted by atomic mass is 10.1. The Morgan fingerprint density at radius 2 is 1.96 bits per heavy atom. The maximum Gasteiger partial charge on any atom is 0.240 e. The van der Waals surface area contributed by atoms with Crippen LogP contribution < -0.4 is 15.4 Å². The summed E-state index contributed by atoms with van der Waals surface area (Å²) in [6.45, 7) is 2.59. The Bertz CT molecular complexity index is 895. The van der Waals surface area contributed by atoms with Crippen LogP contribution in [0.25, 0.3) is 0 Å². The third kappa shape index (κ3) is 4.59. The number of nitrogens with one attached hydrogen (secondary N) is 3. The van der Waals surface area contributed by atoms with E-state index < -0.39 is 10.0 Å². The van der Waals surface area contributed by atoms with Crippen LogP contribution in [-0.2, 0) is 27.7 Å². The van der Waals surface area contributed by atoms with Crippen molar-refractivity contribution in [3.63, 3.8) is 0 Å². The van der Waals surface area contributed by atoms with E-state index in [1.165, 1.54) is 24.6 Å². The molecule has 0 spiro atoms. The van der Waals surface area contributed by atoms with Gasteiger partial charge in [-0.3, -0.25) is 4.79 Å². The predicted octanol–water partition coefficient (Wildman–Crippen LogP) is 1.92. The molecule has 26 heavy (non-hydrogen) atoms. The maximum atomic E-state index is 12.4. The average molecular weight is 374 g/mol. The summed E-state index contributed by atoms with van der Waals surface area (Å²) in [7, 11) is -3.60. The van der Waals surface area contributed by atoms with Crippen molar-refractivity contribution < 1.29 is 13.2 Å². The third-order valence-corrected chi connectivity index (χ3v) is 5.59. The molecule has 0 atom stereocenters. The molecule has 138 valence electrons. The van der Waals surface area contributed by atoms with E-state index in [2.05, 4.69) is 26.4 Å². The molecule has 0 saturated carbocycles. The summed E-state index contributed by atoms with van der Waals surface area (Å²) in [5, 5.41) is 5.88. The minimum absolute atomic E-state index is 0.159. The number of fused-ring (bicyclic) bond motifs is 1. The van der Waals surface area contributed by atoms with Crippen molar-refractivity contribution in [2.45, 2.75) is 31.1 Å². The minimum atomic E-state index is -3.60. The molecule has 8 heteroatoms. The van der Waals surface area contributed by atoms with Gasteiger partial charge in [-0.25, -0.2) is 18.1 Å². The SMILES string of the molecule is CC(=O)Nc1ccc(S(=O)(=O)NCCc2ccc3c(n2)NCCC3)cc1. The Labute approximate surface area is 153 Å². The van der Waals surface area contributed by atoms with Gasteiger partial charge in [-0.05, 0) is 48.7 Å². The number of hydrogen-bond donors (Lipinski definition) is 3. The van der Waals surface area contributed by atoms with Crippen molar-refractivity contribution in [3.8, 4) is 0 Å². The van der Waals surface area contributed by atoms with Crippen molar-refractivity contribution >= 4 is 27.4 Å². The number of benzene rings is 1. The van der Waals surface area contributed by atoms with Gasteiger partial charge < -0.3 is 10.6 Å². The first-order valence-corrected chi connectivity index (χ1v) is 10.0. The van der Waals surface area contributed by atoms with E-state index >= 15 is 0 Å². The summed E-state index contributed by atoms with van der Waals surface area (Å²) in [5.41, 5.74) is 2.61. The second-order valence-electron chi connectivity index (χ2n) is 6.19. The fourth-order valence-corrected chi connectivity index (χ4v) is 3.86. The smallest absolute Gasteiger partial charge is 0.240 e. The third-order valence-electron chi connectivity index (χ3n) is 4.11. The Morgan fingerprint density at radius 3 is 2.69 bits per heavy atom. The van der Waals surface area contributed by atoms with Gasteiger partial charge in [0.25, 0.3) is 0 Å². The van der Waals surface area contributed by atoms with Crippen molar-refractivity contribution in [3.05, 3.63) is 47.7 Å². The molecule has 3 N–H and O–H groups in total. The molecule has 1 aliphatic heterocycles. The number of carbonyl (C=O) groups is 1. The molecule has 1 aromatic carbocycles. The molecule has 3 rings (SSSR count). The van der Waals surface area contributed by atoms with Crippen molar-refractivity contribution in [1.82, 2.24) is 9.71 Å². The number of aromatic nitrogens is 1. The number of aryl methyl sites for hydroxylation is 1. The fourth-order valence-electron chi connectivity index (χ4n) is 2.83. The van der Waals surface area contributed by atoms with E-state index in [1.54, 1.807) is 12.1 Å². The molecule has 2 aromatic rings. The molecule has 1 amide bonds. The second kappa shape index (κ2) is 7.84. The zero-order valence-electron chi connectivity index (χ0n) is 14.6. The molecular weight excluding hydrogens is 352 g/mol. The van der Waals surface area contributed by atoms with Crippen LogP contribution in [0.2, 0.25) is 0 Å². The standard InChI is InChI=1S/C18H22N4O3S/c1-13(23)21-15-6-8-17(9-7-15)26(24,25)20-12-10-16-5-4-14-3-2-11-19-18(14)22-16/h4-9,20H,2-3,10-12H2,1H3,(H,19,22)(H,21,23). The van der Waals surface area contributed by atoms with E-state index in [1.807, 2.05) is 6.07 Å². The topological polar surface area (TPSA) is 100 Å². The first-order chi connectivity index (χ1) is 12.4. The van der Waals surface area contributed by atoms with E-state index in [9.17, 15) is 13.2 Å². The summed E-state index contributed by atoms with van der Waals surface area (Å²) >= 11 is 0. The van der Waals surface area contributed by atoms with Crippen LogP contribution in [0.15, 0.2) is 41.3 Å². The van der Waals surface area contributed by atoms with Gasteiger partial charge in [-0.2, -0.15) is 0 Å². The Morgan fingerprint density at radius 1 is 1.19 bits per heavy atom. The normalized spacial score (nSPS) is 13.6. The highest BCUT2D eigenvalue weighted by Gasteiger charge is 2.14. The lowest BCUT2D eigenvalue weighted by Gasteiger charge is -2.17. The molecule has 0 fully saturated rings. The first kappa shape index (κ1) is 18.3. The molecule has 0 radical (unpaired) electrons. The van der Waals surface area contributed by atoms with Gasteiger partial charge in [0.2, 0.25) is 15.9 Å². The van der Waals surface area contributed by atoms with Gasteiger partial charge in [0.05, 0.1) is 4.90 Å². The summed E-state index contributed by atoms with van der Waals surface area (Å²) < 4.78 is 27.3. The summed E-state index contributed by atoms with van der Waals surface area (Å²) in [5.74, 6) is 0.705. The highest BCUT2D eigenvalue weighted by atomic mass is 32.2. The number of amides is 1. The fraction of sp³-hybridized carbons (Fsp3) is 0.333. The monoisotopic (exact) mass is 374 g/mol. The quantitative estimate of drug-likeness (QED) is 0.717. The summed E-state index contributed by atoms with van der Waals surface area (Å²) in [6, 6.07) is 10.1. The van der Waals surface area contributed by atoms with E-state index in [4.69, 9.17) is 0 Å². The van der Waals surface area contributed by atoms with E-state index in [0.29, 0.717) is 12.1 Å². The molecule has 2 heterocycles. The molecule has 1 aromatic heterocycles. The maximum absolute atomic E-state index is 12.4. The van der Waals surface area contributed by atoms with Crippen LogP contribution in [0, 0.1) is 0 Å². The van der Waals surface area contributed by atoms with E-state index in [-0.39, 0.29) is 17.3 Å². The second-order valence-corrected chi connectivity index (χ2v) is 7.96. The number of hydrogen-bond acceptors (Lipinski definition) is 5. The van der Waals surface area contributed by atoms with Gasteiger partial charge in [0.1, 0.15) is 5.82 Å². The number of nitrogens with zero attached hydrogens (tertiary/aromatic N) is 1. The predicted molar refractivity (Wildman–Crippen MR) is 101 cm³/mol. The molecule has 1 aliphatic rings. The van der Waals surface area contributed by atoms with Crippen molar-refractivity contribution in [2.24, 2.45) is 0 Å². The lowest BCUT2D eigenvalue weighted by molar-refractivity contribution is -0.114. The number of pyridine rings is 1. The Hall–Kier alpha value is -2.45. The number of carbonyl (C=O) groups excluding carboxylic acids is 1. The van der Waals surface area contributed by atoms with Crippen LogP contribution in [0.1, 0.15) is 24.6 Å². The number of sulfonamides is 1. The van der Waals surface area contributed by atoms with Crippen LogP contribution in [0.4, 0.5) is 11.5 Å². The van der Waals surface area contributed by atoms with Crippen molar-refractivity contribution in [1.29, 1.82) is 0 Å². The molecule has 0 saturated heterocycles. The lowest BCUT2D eigenvalue weighted by Crippen LogP contribution is -2.26. The largest absolute Gasteiger partial charge is 0.370 e. The zero-order valence-corrected chi connectivity index (χ0v) is 15.4. The summed E-state index contributed by atoms with van der Waals surface area (Å²) in [4.78, 5) is 15.7. The minimum Gasteiger partial charge on any atom is -0.370 e. The Kier molecular flexibility index (Phi) is 5.53. The van der Waals surface area contributed by atoms with Crippen LogP contribution in [0.5, 0.6) is 0 Å². The highest BCUT2D eigenvalue weighted by molar-refractivity contribution is 7.89. The highest BCUT2D eigenvalue weighted by Crippen LogP contribution is 2.20. The molecule has 7 nitrogen and oxygen atoms in total. The van der Waals surface area contributed by atoms with Crippen molar-refractivity contribution in [2.75, 3.05) is 23.7 Å². The first-order valence-electron chi connectivity index (χ1n) is 8.54. The average Bonchev–Trinajstić information content (AvgIpc) is 2.61. The van der Waals surface area contributed by atoms with Crippen LogP contribution in [-0.4, -0.2) is 32.4 Å². The van der Waals surface area contributed by atoms with Gasteiger partial charge in [0, 0.05) is 37.8 Å². The molecule has 0 bridgehead atoms. The zero-order chi connectivity index (χ0) is 18.6. The molecular formula is C18H22N4O3S. The molecule has 0 unspecified atom stereocenters. The van der Waals surface area contributed by atoms with Gasteiger partial charge in [-0.1, -0.05) is 6.07 Å². The van der Waals surface area contributed by atoms with Crippen LogP contribution >= 0.6 is 0 Å². The van der Waals surface area contributed by atoms with Crippen LogP contribution in [0.3, 0.4) is 0 Å². The number of rotatable bonds is 6. The Balaban J connectivity index is 1.59. The van der Waals surface area contributed by atoms with Gasteiger partial charge >= 0.3 is 0 Å². The number of anilines is 2. The van der Waals surface area contributed by atoms with E-state index in [0.717, 1.165) is 30.9 Å². The van der Waals surface area contributed by atoms with Gasteiger partial charge in [0.15, 0.2) is 0 Å².